The fraction of sp³-hybridized carbons (Fsp3) is 0.100. The van der Waals surface area contributed by atoms with E-state index in [2.05, 4.69) is 15.5 Å². The van der Waals surface area contributed by atoms with E-state index in [9.17, 15) is 18.0 Å². The Bertz CT molecular complexity index is 658. The van der Waals surface area contributed by atoms with Crippen molar-refractivity contribution in [2.24, 2.45) is 0 Å². The van der Waals surface area contributed by atoms with Crippen LogP contribution in [0.5, 0.6) is 0 Å². The lowest BCUT2D eigenvalue weighted by Gasteiger charge is -2.10. The van der Waals surface area contributed by atoms with Crippen molar-refractivity contribution < 1.29 is 18.0 Å². The summed E-state index contributed by atoms with van der Waals surface area (Å²) in [6.45, 7) is 0. The summed E-state index contributed by atoms with van der Waals surface area (Å²) in [5.41, 5.74) is 4.22. The van der Waals surface area contributed by atoms with Crippen LogP contribution < -0.4 is 11.1 Å². The maximum absolute atomic E-state index is 12.6. The molecule has 0 aliphatic heterocycles. The van der Waals surface area contributed by atoms with Gasteiger partial charge in [-0.05, 0) is 18.2 Å². The molecule has 1 amide bonds. The van der Waals surface area contributed by atoms with Gasteiger partial charge in [-0.25, -0.2) is 0 Å². The fourth-order valence-corrected chi connectivity index (χ4v) is 1.97. The maximum atomic E-state index is 12.6. The molecule has 0 saturated carbocycles. The predicted molar refractivity (Wildman–Crippen MR) is 68.7 cm³/mol. The molecular formula is C10H6ClF3N4OS. The lowest BCUT2D eigenvalue weighted by molar-refractivity contribution is -0.137. The van der Waals surface area contributed by atoms with Gasteiger partial charge in [0.05, 0.1) is 16.3 Å². The Balaban J connectivity index is 2.27. The van der Waals surface area contributed by atoms with Crippen LogP contribution in [-0.2, 0) is 6.18 Å². The second-order valence-corrected chi connectivity index (χ2v) is 5.01. The lowest BCUT2D eigenvalue weighted by Crippen LogP contribution is -2.13. The Kier molecular flexibility index (Phi) is 3.82. The first kappa shape index (κ1) is 14.5. The van der Waals surface area contributed by atoms with E-state index >= 15 is 0 Å². The van der Waals surface area contributed by atoms with E-state index < -0.39 is 17.6 Å². The van der Waals surface area contributed by atoms with E-state index in [0.29, 0.717) is 0 Å². The molecule has 2 rings (SSSR count). The van der Waals surface area contributed by atoms with Gasteiger partial charge in [-0.1, -0.05) is 22.9 Å². The number of nitrogens with one attached hydrogen (secondary N) is 1. The summed E-state index contributed by atoms with van der Waals surface area (Å²) in [7, 11) is 0. The van der Waals surface area contributed by atoms with Gasteiger partial charge < -0.3 is 11.1 Å². The molecule has 0 unspecified atom stereocenters. The number of nitrogens with two attached hydrogens (primary N) is 1. The van der Waals surface area contributed by atoms with Gasteiger partial charge in [-0.3, -0.25) is 4.79 Å². The molecule has 2 aromatic rings. The number of benzene rings is 1. The van der Waals surface area contributed by atoms with Gasteiger partial charge in [-0.15, -0.1) is 10.2 Å². The Morgan fingerprint density at radius 3 is 2.60 bits per heavy atom. The summed E-state index contributed by atoms with van der Waals surface area (Å²) in [6.07, 6.45) is -4.53. The topological polar surface area (TPSA) is 80.9 Å². The Labute approximate surface area is 119 Å². The quantitative estimate of drug-likeness (QED) is 0.890. The molecule has 106 valence electrons. The molecule has 0 saturated heterocycles. The summed E-state index contributed by atoms with van der Waals surface area (Å²) in [6, 6.07) is 2.61. The summed E-state index contributed by atoms with van der Waals surface area (Å²) in [4.78, 5) is 11.7. The Hall–Kier alpha value is -1.87. The van der Waals surface area contributed by atoms with Crippen LogP contribution in [0.2, 0.25) is 5.02 Å². The second kappa shape index (κ2) is 5.25. The molecule has 0 aliphatic rings. The number of hydrogen-bond donors (Lipinski definition) is 2. The molecule has 10 heteroatoms. The molecule has 5 nitrogen and oxygen atoms in total. The van der Waals surface area contributed by atoms with Crippen molar-refractivity contribution >= 4 is 39.7 Å². The lowest BCUT2D eigenvalue weighted by atomic mass is 10.2. The van der Waals surface area contributed by atoms with Crippen molar-refractivity contribution in [1.82, 2.24) is 10.2 Å². The standard InChI is InChI=1S/C10H6ClF3N4OS/c11-5-2-1-4(10(12,13)14)3-6(5)16-7(19)8-17-18-9(15)20-8/h1-3H,(H2,15,18)(H,16,19). The van der Waals surface area contributed by atoms with E-state index in [1.807, 2.05) is 0 Å². The van der Waals surface area contributed by atoms with Gasteiger partial charge in [0.25, 0.3) is 5.91 Å². The number of carbonyl (C=O) groups excluding carboxylic acids is 1. The molecule has 20 heavy (non-hydrogen) atoms. The molecule has 1 aromatic heterocycles. The van der Waals surface area contributed by atoms with Gasteiger partial charge >= 0.3 is 6.18 Å². The van der Waals surface area contributed by atoms with Gasteiger partial charge in [-0.2, -0.15) is 13.2 Å². The van der Waals surface area contributed by atoms with Crippen molar-refractivity contribution in [3.8, 4) is 0 Å². The van der Waals surface area contributed by atoms with Crippen LogP contribution in [-0.4, -0.2) is 16.1 Å². The molecule has 0 bridgehead atoms. The maximum Gasteiger partial charge on any atom is 0.416 e. The average molecular weight is 323 g/mol. The van der Waals surface area contributed by atoms with Gasteiger partial charge in [0.15, 0.2) is 0 Å². The highest BCUT2D eigenvalue weighted by atomic mass is 35.5. The summed E-state index contributed by atoms with van der Waals surface area (Å²) < 4.78 is 37.7. The van der Waals surface area contributed by atoms with Crippen molar-refractivity contribution in [3.63, 3.8) is 0 Å². The second-order valence-electron chi connectivity index (χ2n) is 3.59. The number of hydrogen-bond acceptors (Lipinski definition) is 5. The first-order valence-corrected chi connectivity index (χ1v) is 6.24. The Morgan fingerprint density at radius 1 is 1.35 bits per heavy atom. The first-order valence-electron chi connectivity index (χ1n) is 5.04. The van der Waals surface area contributed by atoms with Crippen LogP contribution in [0.1, 0.15) is 15.4 Å². The van der Waals surface area contributed by atoms with Gasteiger partial charge in [0.1, 0.15) is 0 Å². The molecule has 3 N–H and O–H groups in total. The predicted octanol–water partition coefficient (Wildman–Crippen LogP) is 3.04. The van der Waals surface area contributed by atoms with Crippen LogP contribution in [0, 0.1) is 0 Å². The molecule has 1 aromatic carbocycles. The van der Waals surface area contributed by atoms with Crippen LogP contribution >= 0.6 is 22.9 Å². The molecule has 1 heterocycles. The monoisotopic (exact) mass is 322 g/mol. The van der Waals surface area contributed by atoms with Crippen molar-refractivity contribution in [2.45, 2.75) is 6.18 Å². The fourth-order valence-electron chi connectivity index (χ4n) is 1.30. The van der Waals surface area contributed by atoms with Gasteiger partial charge in [0, 0.05) is 0 Å². The first-order chi connectivity index (χ1) is 9.27. The van der Waals surface area contributed by atoms with E-state index in [1.54, 1.807) is 0 Å². The molecule has 0 aliphatic carbocycles. The summed E-state index contributed by atoms with van der Waals surface area (Å²) in [5, 5.41) is 9.12. The smallest absolute Gasteiger partial charge is 0.374 e. The van der Waals surface area contributed by atoms with Crippen LogP contribution in [0.3, 0.4) is 0 Å². The van der Waals surface area contributed by atoms with E-state index in [0.717, 1.165) is 29.5 Å². The highest BCUT2D eigenvalue weighted by molar-refractivity contribution is 7.17. The summed E-state index contributed by atoms with van der Waals surface area (Å²) >= 11 is 6.55. The highest BCUT2D eigenvalue weighted by Crippen LogP contribution is 2.34. The van der Waals surface area contributed by atoms with Crippen molar-refractivity contribution in [1.29, 1.82) is 0 Å². The molecule has 0 fully saturated rings. The zero-order valence-corrected chi connectivity index (χ0v) is 11.1. The molecule has 0 spiro atoms. The van der Waals surface area contributed by atoms with Crippen molar-refractivity contribution in [2.75, 3.05) is 11.1 Å². The van der Waals surface area contributed by atoms with Crippen molar-refractivity contribution in [3.05, 3.63) is 33.8 Å². The highest BCUT2D eigenvalue weighted by Gasteiger charge is 2.31. The molecular weight excluding hydrogens is 317 g/mol. The number of halogens is 4. The van der Waals surface area contributed by atoms with E-state index in [1.165, 1.54) is 0 Å². The number of nitrogens with zero attached hydrogens (tertiary/aromatic N) is 2. The van der Waals surface area contributed by atoms with Crippen LogP contribution in [0.4, 0.5) is 24.0 Å². The number of nitrogen functional groups attached to an aromatic ring is 1. The number of alkyl halides is 3. The zero-order valence-electron chi connectivity index (χ0n) is 9.53. The van der Waals surface area contributed by atoms with E-state index in [4.69, 9.17) is 17.3 Å². The third-order valence-electron chi connectivity index (χ3n) is 2.18. The SMILES string of the molecule is Nc1nnc(C(=O)Nc2cc(C(F)(F)F)ccc2Cl)s1. The molecule has 0 atom stereocenters. The third kappa shape index (κ3) is 3.17. The number of carbonyl (C=O) groups is 1. The minimum absolute atomic E-state index is 0.0242. The molecule has 0 radical (unpaired) electrons. The minimum atomic E-state index is -4.53. The van der Waals surface area contributed by atoms with Gasteiger partial charge in [0.2, 0.25) is 10.1 Å². The van der Waals surface area contributed by atoms with E-state index in [-0.39, 0.29) is 20.8 Å². The number of rotatable bonds is 2. The Morgan fingerprint density at radius 2 is 2.05 bits per heavy atom. The number of aromatic nitrogens is 2. The van der Waals surface area contributed by atoms with Crippen LogP contribution in [0.25, 0.3) is 0 Å². The minimum Gasteiger partial charge on any atom is -0.374 e. The number of anilines is 2. The largest absolute Gasteiger partial charge is 0.416 e. The average Bonchev–Trinajstić information content (AvgIpc) is 2.77. The number of amides is 1. The third-order valence-corrected chi connectivity index (χ3v) is 3.26. The zero-order chi connectivity index (χ0) is 14.9. The normalized spacial score (nSPS) is 11.4. The summed E-state index contributed by atoms with van der Waals surface area (Å²) in [5.74, 6) is -0.736. The van der Waals surface area contributed by atoms with Crippen LogP contribution in [0.15, 0.2) is 18.2 Å².